The summed E-state index contributed by atoms with van der Waals surface area (Å²) in [5.41, 5.74) is 0.941. The largest absolute Gasteiger partial charge is 0.485 e. The Morgan fingerprint density at radius 3 is 2.93 bits per heavy atom. The molecule has 3 heteroatoms. The van der Waals surface area contributed by atoms with Crippen molar-refractivity contribution in [1.82, 2.24) is 5.32 Å². The Bertz CT molecular complexity index is 353. The van der Waals surface area contributed by atoms with Crippen molar-refractivity contribution < 1.29 is 9.13 Å². The molecule has 82 valence electrons. The third-order valence-corrected chi connectivity index (χ3v) is 2.86. The Kier molecular flexibility index (Phi) is 2.91. The Labute approximate surface area is 89.4 Å². The van der Waals surface area contributed by atoms with Crippen LogP contribution < -0.4 is 10.1 Å². The van der Waals surface area contributed by atoms with Crippen LogP contribution >= 0.6 is 0 Å². The molecule has 0 amide bonds. The van der Waals surface area contributed by atoms with E-state index < -0.39 is 0 Å². The number of ether oxygens (including phenoxy) is 1. The van der Waals surface area contributed by atoms with Gasteiger partial charge in [0.2, 0.25) is 0 Å². The zero-order valence-corrected chi connectivity index (χ0v) is 9.09. The minimum Gasteiger partial charge on any atom is -0.485 e. The van der Waals surface area contributed by atoms with Gasteiger partial charge in [-0.25, -0.2) is 4.39 Å². The molecule has 1 heterocycles. The van der Waals surface area contributed by atoms with E-state index >= 15 is 0 Å². The molecule has 0 fully saturated rings. The van der Waals surface area contributed by atoms with Crippen LogP contribution in [0.25, 0.3) is 0 Å². The Hall–Kier alpha value is -1.09. The lowest BCUT2D eigenvalue weighted by atomic mass is 10.0. The summed E-state index contributed by atoms with van der Waals surface area (Å²) in [6.07, 6.45) is 2.05. The number of benzene rings is 1. The van der Waals surface area contributed by atoms with E-state index in [-0.39, 0.29) is 18.0 Å². The molecule has 1 N–H and O–H groups in total. The summed E-state index contributed by atoms with van der Waals surface area (Å²) < 4.78 is 19.1. The number of hydrogen-bond donors (Lipinski definition) is 1. The Morgan fingerprint density at radius 1 is 1.47 bits per heavy atom. The maximum Gasteiger partial charge on any atom is 0.165 e. The number of halogens is 1. The molecule has 15 heavy (non-hydrogen) atoms. The van der Waals surface area contributed by atoms with Crippen molar-refractivity contribution in [2.45, 2.75) is 31.9 Å². The number of likely N-dealkylation sites (N-methyl/N-ethyl adjacent to an activating group) is 1. The standard InChI is InChI=1S/C12H16FNO/c1-3-5-10-11(14-2)8-6-4-7-9(13)12(8)15-10/h4,6-7,10-11,14H,3,5H2,1-2H3. The van der Waals surface area contributed by atoms with E-state index in [2.05, 4.69) is 12.2 Å². The second-order valence-corrected chi connectivity index (χ2v) is 3.87. The van der Waals surface area contributed by atoms with Gasteiger partial charge in [0.15, 0.2) is 11.6 Å². The predicted octanol–water partition coefficient (Wildman–Crippen LogP) is 2.65. The first-order valence-electron chi connectivity index (χ1n) is 5.40. The molecule has 2 rings (SSSR count). The molecule has 0 bridgehead atoms. The van der Waals surface area contributed by atoms with Crippen LogP contribution in [0.1, 0.15) is 31.4 Å². The van der Waals surface area contributed by atoms with E-state index in [0.717, 1.165) is 18.4 Å². The van der Waals surface area contributed by atoms with Gasteiger partial charge in [-0.15, -0.1) is 0 Å². The molecule has 0 radical (unpaired) electrons. The molecule has 1 aromatic rings. The Balaban J connectivity index is 2.32. The summed E-state index contributed by atoms with van der Waals surface area (Å²) >= 11 is 0. The number of fused-ring (bicyclic) bond motifs is 1. The van der Waals surface area contributed by atoms with Crippen LogP contribution in [0.15, 0.2) is 18.2 Å². The Morgan fingerprint density at radius 2 is 2.27 bits per heavy atom. The number of nitrogens with one attached hydrogen (secondary N) is 1. The fourth-order valence-corrected chi connectivity index (χ4v) is 2.17. The maximum absolute atomic E-state index is 13.5. The van der Waals surface area contributed by atoms with Crippen molar-refractivity contribution in [2.75, 3.05) is 7.05 Å². The monoisotopic (exact) mass is 209 g/mol. The zero-order chi connectivity index (χ0) is 10.8. The molecule has 1 aromatic carbocycles. The molecule has 0 saturated carbocycles. The van der Waals surface area contributed by atoms with Gasteiger partial charge in [-0.2, -0.15) is 0 Å². The van der Waals surface area contributed by atoms with Crippen molar-refractivity contribution in [3.05, 3.63) is 29.6 Å². The van der Waals surface area contributed by atoms with Crippen LogP contribution in [0.4, 0.5) is 4.39 Å². The van der Waals surface area contributed by atoms with E-state index in [9.17, 15) is 4.39 Å². The van der Waals surface area contributed by atoms with E-state index in [0.29, 0.717) is 5.75 Å². The highest BCUT2D eigenvalue weighted by Crippen LogP contribution is 2.39. The lowest BCUT2D eigenvalue weighted by Gasteiger charge is -2.17. The third-order valence-electron chi connectivity index (χ3n) is 2.86. The normalized spacial score (nSPS) is 23.7. The van der Waals surface area contributed by atoms with Crippen LogP contribution in [0.2, 0.25) is 0 Å². The summed E-state index contributed by atoms with van der Waals surface area (Å²) in [5.74, 6) is 0.168. The van der Waals surface area contributed by atoms with Gasteiger partial charge in [-0.1, -0.05) is 25.5 Å². The highest BCUT2D eigenvalue weighted by Gasteiger charge is 2.34. The topological polar surface area (TPSA) is 21.3 Å². The lowest BCUT2D eigenvalue weighted by Crippen LogP contribution is -2.28. The number of rotatable bonds is 3. The average Bonchev–Trinajstić information content (AvgIpc) is 2.58. The minimum atomic E-state index is -0.258. The molecule has 2 nitrogen and oxygen atoms in total. The summed E-state index contributed by atoms with van der Waals surface area (Å²) in [7, 11) is 1.89. The second-order valence-electron chi connectivity index (χ2n) is 3.87. The van der Waals surface area contributed by atoms with E-state index in [1.807, 2.05) is 13.1 Å². The van der Waals surface area contributed by atoms with Crippen molar-refractivity contribution in [2.24, 2.45) is 0 Å². The lowest BCUT2D eigenvalue weighted by molar-refractivity contribution is 0.176. The molecule has 2 unspecified atom stereocenters. The van der Waals surface area contributed by atoms with Crippen LogP contribution in [0, 0.1) is 5.82 Å². The molecule has 1 aliphatic heterocycles. The van der Waals surface area contributed by atoms with E-state index in [1.165, 1.54) is 6.07 Å². The number of para-hydroxylation sites is 1. The zero-order valence-electron chi connectivity index (χ0n) is 9.09. The molecule has 0 saturated heterocycles. The highest BCUT2D eigenvalue weighted by molar-refractivity contribution is 5.41. The first-order valence-corrected chi connectivity index (χ1v) is 5.40. The van der Waals surface area contributed by atoms with Gasteiger partial charge in [-0.3, -0.25) is 0 Å². The minimum absolute atomic E-state index is 0.0619. The second kappa shape index (κ2) is 4.19. The van der Waals surface area contributed by atoms with Gasteiger partial charge >= 0.3 is 0 Å². The highest BCUT2D eigenvalue weighted by atomic mass is 19.1. The predicted molar refractivity (Wildman–Crippen MR) is 57.5 cm³/mol. The quantitative estimate of drug-likeness (QED) is 0.826. The van der Waals surface area contributed by atoms with Gasteiger partial charge in [0.1, 0.15) is 6.10 Å². The van der Waals surface area contributed by atoms with Crippen molar-refractivity contribution >= 4 is 0 Å². The summed E-state index contributed by atoms with van der Waals surface area (Å²) in [6.45, 7) is 2.11. The summed E-state index contributed by atoms with van der Waals surface area (Å²) in [6, 6.07) is 5.22. The fraction of sp³-hybridized carbons (Fsp3) is 0.500. The fourth-order valence-electron chi connectivity index (χ4n) is 2.17. The third kappa shape index (κ3) is 1.72. The average molecular weight is 209 g/mol. The van der Waals surface area contributed by atoms with E-state index in [4.69, 9.17) is 4.74 Å². The maximum atomic E-state index is 13.5. The van der Waals surface area contributed by atoms with Gasteiger partial charge in [0.25, 0.3) is 0 Å². The van der Waals surface area contributed by atoms with E-state index in [1.54, 1.807) is 6.07 Å². The molecule has 0 spiro atoms. The van der Waals surface area contributed by atoms with Crippen molar-refractivity contribution in [3.8, 4) is 5.75 Å². The molecule has 0 aliphatic carbocycles. The van der Waals surface area contributed by atoms with Crippen LogP contribution in [-0.4, -0.2) is 13.2 Å². The van der Waals surface area contributed by atoms with Gasteiger partial charge in [0.05, 0.1) is 6.04 Å². The number of hydrogen-bond acceptors (Lipinski definition) is 2. The first-order chi connectivity index (χ1) is 7.27. The van der Waals surface area contributed by atoms with Gasteiger partial charge < -0.3 is 10.1 Å². The molecule has 1 aliphatic rings. The molecule has 2 atom stereocenters. The molecule has 0 aromatic heterocycles. The summed E-state index contributed by atoms with van der Waals surface area (Å²) in [4.78, 5) is 0. The molecular formula is C12H16FNO. The molecular weight excluding hydrogens is 193 g/mol. The summed E-state index contributed by atoms with van der Waals surface area (Å²) in [5, 5.41) is 3.19. The first kappa shape index (κ1) is 10.4. The van der Waals surface area contributed by atoms with Crippen molar-refractivity contribution in [1.29, 1.82) is 0 Å². The SMILES string of the molecule is CCCC1Oc2c(F)cccc2C1NC. The van der Waals surface area contributed by atoms with Crippen molar-refractivity contribution in [3.63, 3.8) is 0 Å². The van der Waals surface area contributed by atoms with Gasteiger partial charge in [-0.05, 0) is 19.5 Å². The van der Waals surface area contributed by atoms with Crippen LogP contribution in [-0.2, 0) is 0 Å². The van der Waals surface area contributed by atoms with Crippen LogP contribution in [0.3, 0.4) is 0 Å². The smallest absolute Gasteiger partial charge is 0.165 e. The van der Waals surface area contributed by atoms with Crippen LogP contribution in [0.5, 0.6) is 5.75 Å². The van der Waals surface area contributed by atoms with Gasteiger partial charge in [0, 0.05) is 5.56 Å².